The first-order valence-corrected chi connectivity index (χ1v) is 12.5. The number of thiazole rings is 1. The van der Waals surface area contributed by atoms with Gasteiger partial charge in [0, 0.05) is 62.9 Å². The van der Waals surface area contributed by atoms with Crippen molar-refractivity contribution in [1.29, 1.82) is 0 Å². The van der Waals surface area contributed by atoms with Gasteiger partial charge < -0.3 is 20.1 Å². The van der Waals surface area contributed by atoms with Crippen molar-refractivity contribution in [3.05, 3.63) is 64.9 Å². The third kappa shape index (κ3) is 6.67. The molecular weight excluding hydrogens is 466 g/mol. The minimum Gasteiger partial charge on any atom is -0.483 e. The number of hydrogen-bond donors (Lipinski definition) is 2. The fraction of sp³-hybridized carbons (Fsp3) is 0.440. The lowest BCUT2D eigenvalue weighted by molar-refractivity contribution is -0.132. The smallest absolute Gasteiger partial charge is 0.290 e. The Kier molecular flexibility index (Phi) is 9.80. The van der Waals surface area contributed by atoms with Crippen LogP contribution in [0, 0.1) is 0 Å². The fourth-order valence-corrected chi connectivity index (χ4v) is 5.30. The van der Waals surface area contributed by atoms with Gasteiger partial charge in [0.05, 0.1) is 12.3 Å². The van der Waals surface area contributed by atoms with Gasteiger partial charge in [0.15, 0.2) is 5.13 Å². The summed E-state index contributed by atoms with van der Waals surface area (Å²) in [5, 5.41) is 17.5. The molecule has 1 aliphatic rings. The van der Waals surface area contributed by atoms with Crippen molar-refractivity contribution in [3.8, 4) is 0 Å². The van der Waals surface area contributed by atoms with E-state index >= 15 is 0 Å². The molecule has 0 radical (unpaired) electrons. The highest BCUT2D eigenvalue weighted by Gasteiger charge is 2.40. The number of carbonyl (C=O) groups is 2. The largest absolute Gasteiger partial charge is 0.483 e. The van der Waals surface area contributed by atoms with Crippen molar-refractivity contribution in [2.75, 3.05) is 38.7 Å². The summed E-state index contributed by atoms with van der Waals surface area (Å²) in [6, 6.07) is 12.6. The van der Waals surface area contributed by atoms with Gasteiger partial charge in [-0.05, 0) is 30.9 Å². The molecule has 0 saturated carbocycles. The average Bonchev–Trinajstić information content (AvgIpc) is 3.53. The van der Waals surface area contributed by atoms with Crippen LogP contribution >= 0.6 is 11.3 Å². The number of anilines is 1. The molecule has 1 aromatic carbocycles. The fourth-order valence-electron chi connectivity index (χ4n) is 4.46. The SMILES string of the molecule is COCCNc1nc(C2(c3ccccc3)CCN(C(=O)CCc3ccnn3C)CC2)cs1.O=CO. The molecule has 1 aliphatic heterocycles. The number of aromatic nitrogens is 3. The van der Waals surface area contributed by atoms with Gasteiger partial charge in [-0.3, -0.25) is 14.3 Å². The number of benzene rings is 1. The van der Waals surface area contributed by atoms with Gasteiger partial charge in [-0.15, -0.1) is 11.3 Å². The summed E-state index contributed by atoms with van der Waals surface area (Å²) in [5.74, 6) is 0.216. The molecule has 3 heterocycles. The molecule has 1 amide bonds. The summed E-state index contributed by atoms with van der Waals surface area (Å²) in [5.41, 5.74) is 3.29. The van der Waals surface area contributed by atoms with E-state index in [2.05, 4.69) is 40.1 Å². The number of nitrogens with one attached hydrogen (secondary N) is 1. The van der Waals surface area contributed by atoms with Crippen molar-refractivity contribution < 1.29 is 19.4 Å². The van der Waals surface area contributed by atoms with Gasteiger partial charge in [0.1, 0.15) is 0 Å². The molecule has 3 aromatic rings. The van der Waals surface area contributed by atoms with Gasteiger partial charge in [-0.1, -0.05) is 30.3 Å². The first kappa shape index (κ1) is 26.4. The van der Waals surface area contributed by atoms with Gasteiger partial charge >= 0.3 is 0 Å². The number of carboxylic acid groups (broad SMARTS) is 1. The Morgan fingerprint density at radius 1 is 1.26 bits per heavy atom. The predicted octanol–water partition coefficient (Wildman–Crippen LogP) is 3.18. The van der Waals surface area contributed by atoms with Crippen LogP contribution in [0.5, 0.6) is 0 Å². The van der Waals surface area contributed by atoms with Crippen LogP contribution in [0.15, 0.2) is 48.0 Å². The molecule has 2 N–H and O–H groups in total. The molecule has 9 nitrogen and oxygen atoms in total. The van der Waals surface area contributed by atoms with Crippen LogP contribution in [0.1, 0.15) is 36.2 Å². The topological polar surface area (TPSA) is 110 Å². The number of methoxy groups -OCH3 is 1. The van der Waals surface area contributed by atoms with Crippen LogP contribution in [0.2, 0.25) is 0 Å². The quantitative estimate of drug-likeness (QED) is 0.344. The van der Waals surface area contributed by atoms with E-state index in [1.807, 2.05) is 28.8 Å². The predicted molar refractivity (Wildman–Crippen MR) is 136 cm³/mol. The van der Waals surface area contributed by atoms with E-state index in [4.69, 9.17) is 19.6 Å². The summed E-state index contributed by atoms with van der Waals surface area (Å²) in [6.45, 7) is 2.61. The number of likely N-dealkylation sites (tertiary alicyclic amines) is 1. The van der Waals surface area contributed by atoms with Crippen molar-refractivity contribution in [2.45, 2.75) is 31.1 Å². The zero-order chi connectivity index (χ0) is 25.1. The number of aryl methyl sites for hydroxylation is 2. The molecule has 0 atom stereocenters. The van der Waals surface area contributed by atoms with E-state index in [9.17, 15) is 4.79 Å². The molecular formula is C25H33N5O4S. The van der Waals surface area contributed by atoms with Gasteiger partial charge in [-0.2, -0.15) is 5.10 Å². The van der Waals surface area contributed by atoms with Gasteiger partial charge in [-0.25, -0.2) is 4.98 Å². The second kappa shape index (κ2) is 13.0. The zero-order valence-electron chi connectivity index (χ0n) is 20.2. The third-order valence-electron chi connectivity index (χ3n) is 6.39. The number of rotatable bonds is 9. The lowest BCUT2D eigenvalue weighted by Gasteiger charge is -2.41. The second-order valence-electron chi connectivity index (χ2n) is 8.34. The molecule has 0 spiro atoms. The summed E-state index contributed by atoms with van der Waals surface area (Å²) in [7, 11) is 3.62. The first-order chi connectivity index (χ1) is 17.0. The standard InChI is InChI=1S/C24H31N5O2S.CH2O2/c1-28-20(10-13-26-28)8-9-22(30)29-15-11-24(12-16-29,19-6-4-3-5-7-19)21-18-32-23(27-21)25-14-17-31-2;2-1-3/h3-7,10,13,18H,8-9,11-12,14-17H2,1-2H3,(H,25,27);1H,(H,2,3). The van der Waals surface area contributed by atoms with E-state index in [1.54, 1.807) is 24.6 Å². The van der Waals surface area contributed by atoms with Gasteiger partial charge in [0.25, 0.3) is 6.47 Å². The molecule has 0 bridgehead atoms. The summed E-state index contributed by atoms with van der Waals surface area (Å²) < 4.78 is 6.97. The first-order valence-electron chi connectivity index (χ1n) is 11.6. The molecule has 2 aromatic heterocycles. The van der Waals surface area contributed by atoms with E-state index < -0.39 is 0 Å². The maximum Gasteiger partial charge on any atom is 0.290 e. The summed E-state index contributed by atoms with van der Waals surface area (Å²) in [6.07, 6.45) is 4.76. The normalized spacial score (nSPS) is 14.6. The highest BCUT2D eigenvalue weighted by molar-refractivity contribution is 7.13. The minimum absolute atomic E-state index is 0.169. The van der Waals surface area contributed by atoms with Crippen LogP contribution in [0.25, 0.3) is 0 Å². The van der Waals surface area contributed by atoms with Crippen molar-refractivity contribution in [2.24, 2.45) is 7.05 Å². The molecule has 0 unspecified atom stereocenters. The molecule has 188 valence electrons. The number of hydrogen-bond acceptors (Lipinski definition) is 7. The Morgan fingerprint density at radius 2 is 1.97 bits per heavy atom. The monoisotopic (exact) mass is 499 g/mol. The Hall–Kier alpha value is -3.24. The lowest BCUT2D eigenvalue weighted by Crippen LogP contribution is -2.46. The van der Waals surface area contributed by atoms with Crippen LogP contribution in [0.4, 0.5) is 5.13 Å². The van der Waals surface area contributed by atoms with Gasteiger partial charge in [0.2, 0.25) is 5.91 Å². The van der Waals surface area contributed by atoms with Crippen molar-refractivity contribution in [3.63, 3.8) is 0 Å². The van der Waals surface area contributed by atoms with Crippen molar-refractivity contribution in [1.82, 2.24) is 19.7 Å². The number of ether oxygens (including phenoxy) is 1. The Balaban J connectivity index is 0.00000108. The third-order valence-corrected chi connectivity index (χ3v) is 7.19. The summed E-state index contributed by atoms with van der Waals surface area (Å²) in [4.78, 5) is 28.2. The lowest BCUT2D eigenvalue weighted by atomic mass is 9.70. The van der Waals surface area contributed by atoms with Crippen molar-refractivity contribution >= 4 is 28.8 Å². The highest BCUT2D eigenvalue weighted by atomic mass is 32.1. The Bertz CT molecular complexity index is 1060. The second-order valence-corrected chi connectivity index (χ2v) is 9.20. The molecule has 35 heavy (non-hydrogen) atoms. The number of carbonyl (C=O) groups excluding carboxylic acids is 1. The van der Waals surface area contributed by atoms with E-state index in [0.717, 1.165) is 55.4 Å². The molecule has 1 fully saturated rings. The molecule has 0 aliphatic carbocycles. The maximum atomic E-state index is 12.9. The van der Waals surface area contributed by atoms with E-state index in [1.165, 1.54) is 5.56 Å². The van der Waals surface area contributed by atoms with E-state index in [-0.39, 0.29) is 17.8 Å². The van der Waals surface area contributed by atoms with Crippen LogP contribution < -0.4 is 5.32 Å². The molecule has 10 heteroatoms. The van der Waals surface area contributed by atoms with Crippen LogP contribution in [-0.4, -0.2) is 70.5 Å². The Labute approximate surface area is 209 Å². The van der Waals surface area contributed by atoms with Crippen LogP contribution in [-0.2, 0) is 33.2 Å². The van der Waals surface area contributed by atoms with Crippen LogP contribution in [0.3, 0.4) is 0 Å². The number of amides is 1. The number of nitrogens with zero attached hydrogens (tertiary/aromatic N) is 4. The minimum atomic E-state index is -0.250. The molecule has 4 rings (SSSR count). The number of piperidine rings is 1. The summed E-state index contributed by atoms with van der Waals surface area (Å²) >= 11 is 1.64. The highest BCUT2D eigenvalue weighted by Crippen LogP contribution is 2.42. The average molecular weight is 500 g/mol. The van der Waals surface area contributed by atoms with E-state index in [0.29, 0.717) is 13.0 Å². The molecule has 1 saturated heterocycles. The zero-order valence-corrected chi connectivity index (χ0v) is 21.0. The maximum absolute atomic E-state index is 12.9. The Morgan fingerprint density at radius 3 is 2.60 bits per heavy atom.